The van der Waals surface area contributed by atoms with Gasteiger partial charge in [-0.25, -0.2) is 0 Å². The molecule has 2 aliphatic heterocycles. The highest BCUT2D eigenvalue weighted by molar-refractivity contribution is 7.00. The third-order valence-electron chi connectivity index (χ3n) is 16.2. The second kappa shape index (κ2) is 12.9. The number of hydrogen-bond acceptors (Lipinski definition) is 0. The largest absolute Gasteiger partial charge is 0.310 e. The standard InChI is InChI=1S/C66H37BN2/c1-3-16-38(17-4-1)40-34-53-52-31-30-51-47-25-10-8-21-43(47)45-23-12-14-27-49(45)61(51)66(52)69-59-29-15-28-58-63(59)67(55(36-40)64(53)69)56-37-41(39-18-5-2-6-19-39)35-54-62-57(68(58)65(54)56)33-32-50-46-24-9-7-20-42(46)44-22-11-13-26-48(44)60(50)62/h1-37H. The normalized spacial score (nSPS) is 12.9. The lowest BCUT2D eigenvalue weighted by Gasteiger charge is -2.34. The van der Waals surface area contributed by atoms with Crippen LogP contribution >= 0.6 is 0 Å². The van der Waals surface area contributed by atoms with Crippen LogP contribution in [0.3, 0.4) is 0 Å². The van der Waals surface area contributed by atoms with Gasteiger partial charge in [0.25, 0.3) is 6.71 Å². The summed E-state index contributed by atoms with van der Waals surface area (Å²) in [6.07, 6.45) is 0. The molecule has 0 saturated carbocycles. The highest BCUT2D eigenvalue weighted by Gasteiger charge is 2.42. The summed E-state index contributed by atoms with van der Waals surface area (Å²) in [5.41, 5.74) is 16.6. The smallest absolute Gasteiger partial charge is 0.252 e. The van der Waals surface area contributed by atoms with Gasteiger partial charge in [-0.1, -0.05) is 194 Å². The second-order valence-electron chi connectivity index (χ2n) is 19.4. The lowest BCUT2D eigenvalue weighted by atomic mass is 9.34. The second-order valence-corrected chi connectivity index (χ2v) is 19.4. The summed E-state index contributed by atoms with van der Waals surface area (Å²) in [5.74, 6) is 0. The van der Waals surface area contributed by atoms with Crippen molar-refractivity contribution in [2.45, 2.75) is 0 Å². The number of benzene rings is 13. The third kappa shape index (κ3) is 4.49. The molecule has 4 heterocycles. The van der Waals surface area contributed by atoms with Gasteiger partial charge in [-0.3, -0.25) is 0 Å². The summed E-state index contributed by atoms with van der Waals surface area (Å²) in [6, 6.07) is 85.0. The molecule has 0 aliphatic carbocycles. The Morgan fingerprint density at radius 3 is 1.25 bits per heavy atom. The van der Waals surface area contributed by atoms with E-state index in [2.05, 4.69) is 234 Å². The predicted molar refractivity (Wildman–Crippen MR) is 296 cm³/mol. The number of rotatable bonds is 2. The first kappa shape index (κ1) is 36.2. The number of fused-ring (bicyclic) bond motifs is 24. The van der Waals surface area contributed by atoms with Crippen LogP contribution in [0.1, 0.15) is 0 Å². The maximum atomic E-state index is 2.68. The molecule has 0 bridgehead atoms. The predicted octanol–water partition coefficient (Wildman–Crippen LogP) is 15.3. The number of nitrogens with zero attached hydrogens (tertiary/aromatic N) is 2. The average molecular weight is 869 g/mol. The summed E-state index contributed by atoms with van der Waals surface area (Å²) >= 11 is 0. The van der Waals surface area contributed by atoms with E-state index in [4.69, 9.17) is 0 Å². The van der Waals surface area contributed by atoms with Gasteiger partial charge >= 0.3 is 0 Å². The Labute approximate surface area is 396 Å². The van der Waals surface area contributed by atoms with E-state index >= 15 is 0 Å². The van der Waals surface area contributed by atoms with Gasteiger partial charge in [-0.15, -0.1) is 0 Å². The third-order valence-corrected chi connectivity index (χ3v) is 16.2. The molecular formula is C66H37BN2. The number of hydrogen-bond donors (Lipinski definition) is 0. The zero-order chi connectivity index (χ0) is 44.6. The van der Waals surface area contributed by atoms with Crippen LogP contribution in [0.2, 0.25) is 0 Å². The van der Waals surface area contributed by atoms with Crippen molar-refractivity contribution in [3.05, 3.63) is 224 Å². The van der Waals surface area contributed by atoms with Crippen LogP contribution in [0.25, 0.3) is 142 Å². The van der Waals surface area contributed by atoms with Crippen molar-refractivity contribution in [1.82, 2.24) is 9.13 Å². The van der Waals surface area contributed by atoms with E-state index in [1.165, 1.54) is 158 Å². The van der Waals surface area contributed by atoms with Crippen molar-refractivity contribution in [3.8, 4) is 33.6 Å². The van der Waals surface area contributed by atoms with Crippen LogP contribution in [0.5, 0.6) is 0 Å². The molecule has 2 aliphatic rings. The molecule has 0 spiro atoms. The van der Waals surface area contributed by atoms with Gasteiger partial charge in [-0.2, -0.15) is 0 Å². The zero-order valence-corrected chi connectivity index (χ0v) is 37.3. The summed E-state index contributed by atoms with van der Waals surface area (Å²) in [5, 5.41) is 20.7. The van der Waals surface area contributed by atoms with E-state index in [1.54, 1.807) is 0 Å². The van der Waals surface area contributed by atoms with Crippen molar-refractivity contribution < 1.29 is 0 Å². The van der Waals surface area contributed by atoms with Crippen LogP contribution in [-0.2, 0) is 0 Å². The van der Waals surface area contributed by atoms with Gasteiger partial charge in [0.2, 0.25) is 0 Å². The van der Waals surface area contributed by atoms with Crippen molar-refractivity contribution >= 4 is 131 Å². The minimum Gasteiger partial charge on any atom is -0.310 e. The fraction of sp³-hybridized carbons (Fsp3) is 0. The van der Waals surface area contributed by atoms with Crippen LogP contribution in [-0.4, -0.2) is 15.8 Å². The molecule has 15 aromatic rings. The molecule has 0 N–H and O–H groups in total. The van der Waals surface area contributed by atoms with E-state index < -0.39 is 0 Å². The van der Waals surface area contributed by atoms with Gasteiger partial charge in [0.05, 0.1) is 11.0 Å². The molecule has 0 atom stereocenters. The molecule has 17 rings (SSSR count). The Hall–Kier alpha value is -8.92. The Bertz CT molecular complexity index is 4740. The molecule has 2 nitrogen and oxygen atoms in total. The summed E-state index contributed by atoms with van der Waals surface area (Å²) in [6.45, 7) is -0.0326. The Morgan fingerprint density at radius 1 is 0.246 bits per heavy atom. The monoisotopic (exact) mass is 868 g/mol. The Kier molecular flexibility index (Phi) is 6.80. The molecule has 0 amide bonds. The summed E-state index contributed by atoms with van der Waals surface area (Å²) in [7, 11) is 0. The lowest BCUT2D eigenvalue weighted by molar-refractivity contribution is 1.15. The van der Waals surface area contributed by atoms with Gasteiger partial charge in [0.15, 0.2) is 0 Å². The molecule has 13 aromatic carbocycles. The van der Waals surface area contributed by atoms with Gasteiger partial charge < -0.3 is 9.13 Å². The lowest BCUT2D eigenvalue weighted by Crippen LogP contribution is -2.59. The minimum absolute atomic E-state index is 0.0326. The fourth-order valence-electron chi connectivity index (χ4n) is 13.5. The van der Waals surface area contributed by atoms with Crippen LogP contribution in [0.4, 0.5) is 0 Å². The van der Waals surface area contributed by atoms with Gasteiger partial charge in [0, 0.05) is 54.7 Å². The summed E-state index contributed by atoms with van der Waals surface area (Å²) < 4.78 is 5.32. The zero-order valence-electron chi connectivity index (χ0n) is 37.3. The molecule has 0 radical (unpaired) electrons. The van der Waals surface area contributed by atoms with Crippen molar-refractivity contribution in [2.75, 3.05) is 0 Å². The van der Waals surface area contributed by atoms with Crippen LogP contribution < -0.4 is 16.4 Å². The van der Waals surface area contributed by atoms with Gasteiger partial charge in [-0.05, 0) is 123 Å². The van der Waals surface area contributed by atoms with E-state index in [9.17, 15) is 0 Å². The first-order chi connectivity index (χ1) is 34.3. The Balaban J connectivity index is 1.11. The van der Waals surface area contributed by atoms with E-state index in [1.807, 2.05) is 0 Å². The minimum atomic E-state index is -0.0326. The van der Waals surface area contributed by atoms with Crippen LogP contribution in [0.15, 0.2) is 224 Å². The molecule has 0 fully saturated rings. The fourth-order valence-corrected chi connectivity index (χ4v) is 13.5. The SMILES string of the molecule is c1ccc(-c2cc3c4c(c2)c2c5c6ccccc6c6ccccc6c5ccc2n4-c2cccc4c2B3c2cc(-c3ccccc3)cc3c5ccc6c7ccccc7c7ccccc7c6c5n-4c23)cc1. The van der Waals surface area contributed by atoms with Gasteiger partial charge in [0.1, 0.15) is 0 Å². The molecule has 314 valence electrons. The first-order valence-corrected chi connectivity index (χ1v) is 24.2. The quantitative estimate of drug-likeness (QED) is 0.121. The molecule has 69 heavy (non-hydrogen) atoms. The van der Waals surface area contributed by atoms with E-state index in [0.717, 1.165) is 0 Å². The molecule has 3 heteroatoms. The Morgan fingerprint density at radius 2 is 0.667 bits per heavy atom. The topological polar surface area (TPSA) is 9.86 Å². The average Bonchev–Trinajstić information content (AvgIpc) is 3.95. The summed E-state index contributed by atoms with van der Waals surface area (Å²) in [4.78, 5) is 0. The number of aromatic nitrogens is 2. The van der Waals surface area contributed by atoms with Crippen molar-refractivity contribution in [2.24, 2.45) is 0 Å². The molecule has 2 aromatic heterocycles. The highest BCUT2D eigenvalue weighted by Crippen LogP contribution is 2.48. The molecule has 0 saturated heterocycles. The van der Waals surface area contributed by atoms with Crippen molar-refractivity contribution in [3.63, 3.8) is 0 Å². The maximum absolute atomic E-state index is 2.68. The molecular weight excluding hydrogens is 832 g/mol. The van der Waals surface area contributed by atoms with E-state index in [-0.39, 0.29) is 6.71 Å². The highest BCUT2D eigenvalue weighted by atomic mass is 15.0. The van der Waals surface area contributed by atoms with Crippen LogP contribution in [0, 0.1) is 0 Å². The van der Waals surface area contributed by atoms with E-state index in [0.29, 0.717) is 0 Å². The van der Waals surface area contributed by atoms with Crippen molar-refractivity contribution in [1.29, 1.82) is 0 Å². The molecule has 0 unspecified atom stereocenters. The first-order valence-electron chi connectivity index (χ1n) is 24.2. The maximum Gasteiger partial charge on any atom is 0.252 e.